The van der Waals surface area contributed by atoms with Crippen LogP contribution in [0.25, 0.3) is 10.6 Å². The van der Waals surface area contributed by atoms with Crippen molar-refractivity contribution in [1.29, 1.82) is 0 Å². The lowest BCUT2D eigenvalue weighted by atomic mass is 10.2. The Balaban J connectivity index is 1.74. The molecule has 1 aromatic heterocycles. The Morgan fingerprint density at radius 1 is 1.38 bits per heavy atom. The molecule has 0 aliphatic carbocycles. The van der Waals surface area contributed by atoms with Crippen molar-refractivity contribution in [3.05, 3.63) is 35.3 Å². The van der Waals surface area contributed by atoms with E-state index in [-0.39, 0.29) is 18.1 Å². The second-order valence-electron chi connectivity index (χ2n) is 6.15. The standard InChI is InChI=1S/C18H22N2O3S/c1-12(2)23-15-6-4-14(5-7-15)17-19-16(11-24-17)18(21)20-8-9-22-10-13(20)3/h4-7,11-13H,8-10H2,1-3H3/t13-/m0/s1. The summed E-state index contributed by atoms with van der Waals surface area (Å²) in [6.07, 6.45) is 0.149. The highest BCUT2D eigenvalue weighted by molar-refractivity contribution is 7.13. The number of carbonyl (C=O) groups is 1. The van der Waals surface area contributed by atoms with Gasteiger partial charge < -0.3 is 14.4 Å². The van der Waals surface area contributed by atoms with Crippen molar-refractivity contribution >= 4 is 17.2 Å². The van der Waals surface area contributed by atoms with Gasteiger partial charge in [-0.1, -0.05) is 0 Å². The molecule has 6 heteroatoms. The number of aromatic nitrogens is 1. The van der Waals surface area contributed by atoms with Gasteiger partial charge in [0.15, 0.2) is 0 Å². The monoisotopic (exact) mass is 346 g/mol. The third-order valence-corrected chi connectivity index (χ3v) is 4.72. The molecule has 0 saturated carbocycles. The van der Waals surface area contributed by atoms with E-state index in [2.05, 4.69) is 4.98 Å². The Morgan fingerprint density at radius 3 is 2.79 bits per heavy atom. The fourth-order valence-electron chi connectivity index (χ4n) is 2.63. The molecule has 0 unspecified atom stereocenters. The number of hydrogen-bond acceptors (Lipinski definition) is 5. The van der Waals surface area contributed by atoms with Crippen molar-refractivity contribution in [3.63, 3.8) is 0 Å². The number of morpholine rings is 1. The first-order valence-corrected chi connectivity index (χ1v) is 9.04. The molecule has 0 spiro atoms. The molecular formula is C18H22N2O3S. The van der Waals surface area contributed by atoms with Crippen molar-refractivity contribution in [3.8, 4) is 16.3 Å². The third-order valence-electron chi connectivity index (χ3n) is 3.82. The average molecular weight is 346 g/mol. The van der Waals surface area contributed by atoms with Crippen LogP contribution >= 0.6 is 11.3 Å². The van der Waals surface area contributed by atoms with Crippen LogP contribution in [0.2, 0.25) is 0 Å². The van der Waals surface area contributed by atoms with Gasteiger partial charge in [0.1, 0.15) is 16.5 Å². The van der Waals surface area contributed by atoms with Gasteiger partial charge in [0.05, 0.1) is 25.4 Å². The Hall–Kier alpha value is -1.92. The number of amides is 1. The maximum absolute atomic E-state index is 12.6. The fraction of sp³-hybridized carbons (Fsp3) is 0.444. The molecule has 1 amide bonds. The maximum atomic E-state index is 12.6. The third kappa shape index (κ3) is 3.76. The molecule has 1 atom stereocenters. The average Bonchev–Trinajstić information content (AvgIpc) is 3.05. The highest BCUT2D eigenvalue weighted by Crippen LogP contribution is 2.27. The lowest BCUT2D eigenvalue weighted by Crippen LogP contribution is -2.47. The topological polar surface area (TPSA) is 51.7 Å². The molecule has 1 saturated heterocycles. The molecule has 0 radical (unpaired) electrons. The summed E-state index contributed by atoms with van der Waals surface area (Å²) in [5.74, 6) is 0.816. The zero-order chi connectivity index (χ0) is 17.1. The number of ether oxygens (including phenoxy) is 2. The molecule has 128 valence electrons. The van der Waals surface area contributed by atoms with E-state index in [1.807, 2.05) is 55.3 Å². The zero-order valence-electron chi connectivity index (χ0n) is 14.2. The van der Waals surface area contributed by atoms with Crippen molar-refractivity contribution < 1.29 is 14.3 Å². The lowest BCUT2D eigenvalue weighted by Gasteiger charge is -2.32. The summed E-state index contributed by atoms with van der Waals surface area (Å²) in [6.45, 7) is 7.79. The van der Waals surface area contributed by atoms with Crippen LogP contribution < -0.4 is 4.74 Å². The van der Waals surface area contributed by atoms with E-state index >= 15 is 0 Å². The van der Waals surface area contributed by atoms with Crippen molar-refractivity contribution in [2.75, 3.05) is 19.8 Å². The molecule has 0 N–H and O–H groups in total. The number of carbonyl (C=O) groups excluding carboxylic acids is 1. The van der Waals surface area contributed by atoms with Gasteiger partial charge in [-0.3, -0.25) is 4.79 Å². The second kappa shape index (κ2) is 7.32. The number of thiazole rings is 1. The van der Waals surface area contributed by atoms with Crippen LogP contribution in [0.5, 0.6) is 5.75 Å². The van der Waals surface area contributed by atoms with Gasteiger partial charge in [0.2, 0.25) is 0 Å². The summed E-state index contributed by atoms with van der Waals surface area (Å²) in [5, 5.41) is 2.67. The molecular weight excluding hydrogens is 324 g/mol. The molecule has 0 bridgehead atoms. The minimum Gasteiger partial charge on any atom is -0.491 e. The van der Waals surface area contributed by atoms with E-state index in [4.69, 9.17) is 9.47 Å². The number of hydrogen-bond donors (Lipinski definition) is 0. The molecule has 5 nitrogen and oxygen atoms in total. The number of nitrogens with zero attached hydrogens (tertiary/aromatic N) is 2. The van der Waals surface area contributed by atoms with Crippen molar-refractivity contribution in [1.82, 2.24) is 9.88 Å². The summed E-state index contributed by atoms with van der Waals surface area (Å²) < 4.78 is 11.0. The maximum Gasteiger partial charge on any atom is 0.273 e. The Kier molecular flexibility index (Phi) is 5.16. The van der Waals surface area contributed by atoms with Crippen molar-refractivity contribution in [2.24, 2.45) is 0 Å². The first-order chi connectivity index (χ1) is 11.5. The summed E-state index contributed by atoms with van der Waals surface area (Å²) >= 11 is 1.49. The number of rotatable bonds is 4. The Morgan fingerprint density at radius 2 is 2.12 bits per heavy atom. The highest BCUT2D eigenvalue weighted by atomic mass is 32.1. The first-order valence-electron chi connectivity index (χ1n) is 8.16. The Bertz CT molecular complexity index is 697. The minimum absolute atomic E-state index is 0.0203. The van der Waals surface area contributed by atoms with Gasteiger partial charge in [-0.05, 0) is 45.0 Å². The minimum atomic E-state index is -0.0203. The van der Waals surface area contributed by atoms with Gasteiger partial charge in [-0.25, -0.2) is 4.98 Å². The largest absolute Gasteiger partial charge is 0.491 e. The molecule has 2 aromatic rings. The molecule has 1 aliphatic heterocycles. The molecule has 24 heavy (non-hydrogen) atoms. The predicted molar refractivity (Wildman–Crippen MR) is 94.6 cm³/mol. The van der Waals surface area contributed by atoms with E-state index in [1.165, 1.54) is 11.3 Å². The van der Waals surface area contributed by atoms with E-state index in [1.54, 1.807) is 0 Å². The van der Waals surface area contributed by atoms with Crippen LogP contribution in [-0.2, 0) is 4.74 Å². The van der Waals surface area contributed by atoms with Crippen LogP contribution in [0.3, 0.4) is 0 Å². The SMILES string of the molecule is CC(C)Oc1ccc(-c2nc(C(=O)N3CCOC[C@@H]3C)cs2)cc1. The van der Waals surface area contributed by atoms with E-state index in [9.17, 15) is 4.79 Å². The smallest absolute Gasteiger partial charge is 0.273 e. The summed E-state index contributed by atoms with van der Waals surface area (Å²) in [4.78, 5) is 19.0. The lowest BCUT2D eigenvalue weighted by molar-refractivity contribution is 0.00332. The van der Waals surface area contributed by atoms with Crippen LogP contribution in [-0.4, -0.2) is 47.7 Å². The van der Waals surface area contributed by atoms with Crippen LogP contribution in [0.4, 0.5) is 0 Å². The number of benzene rings is 1. The summed E-state index contributed by atoms with van der Waals surface area (Å²) in [6, 6.07) is 7.90. The first kappa shape index (κ1) is 16.9. The molecule has 2 heterocycles. The van der Waals surface area contributed by atoms with E-state index < -0.39 is 0 Å². The quantitative estimate of drug-likeness (QED) is 0.851. The van der Waals surface area contributed by atoms with Crippen molar-refractivity contribution in [2.45, 2.75) is 32.9 Å². The Labute approximate surface area is 146 Å². The van der Waals surface area contributed by atoms with Crippen LogP contribution in [0, 0.1) is 0 Å². The zero-order valence-corrected chi connectivity index (χ0v) is 15.0. The van der Waals surface area contributed by atoms with E-state index in [0.29, 0.717) is 25.5 Å². The highest BCUT2D eigenvalue weighted by Gasteiger charge is 2.26. The molecule has 3 rings (SSSR count). The second-order valence-corrected chi connectivity index (χ2v) is 7.01. The summed E-state index contributed by atoms with van der Waals surface area (Å²) in [5.41, 5.74) is 1.50. The van der Waals surface area contributed by atoms with Gasteiger partial charge in [0.25, 0.3) is 5.91 Å². The molecule has 1 fully saturated rings. The van der Waals surface area contributed by atoms with Gasteiger partial charge >= 0.3 is 0 Å². The van der Waals surface area contributed by atoms with Gasteiger partial charge in [0, 0.05) is 17.5 Å². The normalized spacial score (nSPS) is 18.0. The van der Waals surface area contributed by atoms with E-state index in [0.717, 1.165) is 16.3 Å². The van der Waals surface area contributed by atoms with Gasteiger partial charge in [-0.2, -0.15) is 0 Å². The van der Waals surface area contributed by atoms with Crippen LogP contribution in [0.1, 0.15) is 31.3 Å². The predicted octanol–water partition coefficient (Wildman–Crippen LogP) is 3.46. The summed E-state index contributed by atoms with van der Waals surface area (Å²) in [7, 11) is 0. The van der Waals surface area contributed by atoms with Gasteiger partial charge in [-0.15, -0.1) is 11.3 Å². The van der Waals surface area contributed by atoms with Crippen LogP contribution in [0.15, 0.2) is 29.6 Å². The fourth-order valence-corrected chi connectivity index (χ4v) is 3.43. The molecule has 1 aliphatic rings. The molecule has 1 aromatic carbocycles.